The third kappa shape index (κ3) is 2.86. The quantitative estimate of drug-likeness (QED) is 0.439. The molecule has 4 aromatic rings. The lowest BCUT2D eigenvalue weighted by molar-refractivity contribution is -0.391. The number of aromatic nitrogens is 5. The van der Waals surface area contributed by atoms with Gasteiger partial charge in [0.25, 0.3) is 0 Å². The second-order valence-corrected chi connectivity index (χ2v) is 5.80. The molecule has 26 heavy (non-hydrogen) atoms. The molecule has 4 rings (SSSR count). The van der Waals surface area contributed by atoms with Gasteiger partial charge in [0.05, 0.1) is 18.4 Å². The van der Waals surface area contributed by atoms with Crippen LogP contribution in [0, 0.1) is 10.1 Å². The van der Waals surface area contributed by atoms with Crippen molar-refractivity contribution in [1.82, 2.24) is 24.6 Å². The summed E-state index contributed by atoms with van der Waals surface area (Å²) >= 11 is 0. The van der Waals surface area contributed by atoms with E-state index in [1.165, 1.54) is 10.7 Å². The number of nitro groups is 1. The predicted molar refractivity (Wildman–Crippen MR) is 95.8 cm³/mol. The number of benzene rings is 1. The van der Waals surface area contributed by atoms with Crippen molar-refractivity contribution in [3.8, 4) is 11.3 Å². The van der Waals surface area contributed by atoms with Crippen LogP contribution in [0.3, 0.4) is 0 Å². The van der Waals surface area contributed by atoms with Gasteiger partial charge < -0.3 is 20.0 Å². The lowest BCUT2D eigenvalue weighted by Gasteiger charge is -2.15. The van der Waals surface area contributed by atoms with Gasteiger partial charge in [0.2, 0.25) is 5.65 Å². The zero-order valence-corrected chi connectivity index (χ0v) is 13.9. The molecule has 9 heteroatoms. The summed E-state index contributed by atoms with van der Waals surface area (Å²) in [5.74, 6) is 1.18. The lowest BCUT2D eigenvalue weighted by Crippen LogP contribution is -2.19. The minimum atomic E-state index is -0.505. The highest BCUT2D eigenvalue weighted by molar-refractivity contribution is 5.58. The monoisotopic (exact) mass is 349 g/mol. The zero-order valence-electron chi connectivity index (χ0n) is 13.9. The van der Waals surface area contributed by atoms with Crippen LogP contribution in [0.25, 0.3) is 16.9 Å². The number of hydrogen-bond acceptors (Lipinski definition) is 6. The van der Waals surface area contributed by atoms with Crippen molar-refractivity contribution in [2.45, 2.75) is 6.54 Å². The summed E-state index contributed by atoms with van der Waals surface area (Å²) in [6.45, 7) is 0.480. The van der Waals surface area contributed by atoms with Gasteiger partial charge in [0.15, 0.2) is 5.82 Å². The van der Waals surface area contributed by atoms with Crippen LogP contribution in [0.15, 0.2) is 54.9 Å². The molecule has 0 fully saturated rings. The molecule has 0 unspecified atom stereocenters. The second kappa shape index (κ2) is 6.28. The first-order valence-corrected chi connectivity index (χ1v) is 7.91. The summed E-state index contributed by atoms with van der Waals surface area (Å²) in [5, 5.41) is 15.4. The van der Waals surface area contributed by atoms with E-state index in [4.69, 9.17) is 0 Å². The van der Waals surface area contributed by atoms with E-state index >= 15 is 0 Å². The molecule has 0 atom stereocenters. The van der Waals surface area contributed by atoms with Gasteiger partial charge >= 0.3 is 5.82 Å². The van der Waals surface area contributed by atoms with Gasteiger partial charge in [-0.05, 0) is 16.6 Å². The van der Waals surface area contributed by atoms with Crippen LogP contribution in [0.4, 0.5) is 11.6 Å². The first-order chi connectivity index (χ1) is 12.6. The van der Waals surface area contributed by atoms with Crippen molar-refractivity contribution in [3.63, 3.8) is 0 Å². The first kappa shape index (κ1) is 15.8. The smallest absolute Gasteiger partial charge is 0.358 e. The molecule has 0 saturated heterocycles. The molecule has 0 saturated carbocycles. The normalized spacial score (nSPS) is 11.0. The largest absolute Gasteiger partial charge is 0.368 e. The Bertz CT molecular complexity index is 1070. The van der Waals surface area contributed by atoms with Crippen LogP contribution in [0.2, 0.25) is 0 Å². The van der Waals surface area contributed by atoms with E-state index in [9.17, 15) is 10.1 Å². The fraction of sp³-hybridized carbons (Fsp3) is 0.118. The standard InChI is InChI=1S/C17H15N7O2/c1-22(11-14-18-9-13(20-14)12-5-3-2-4-6-12)16-8-7-15-19-10-17(24(25)26)23(15)21-16/h2-10H,11H2,1H3,(H,18,20). The number of nitrogens with one attached hydrogen (secondary N) is 1. The third-order valence-corrected chi connectivity index (χ3v) is 4.01. The summed E-state index contributed by atoms with van der Waals surface area (Å²) in [6, 6.07) is 13.4. The average Bonchev–Trinajstić information content (AvgIpc) is 3.28. The van der Waals surface area contributed by atoms with Crippen LogP contribution in [0.1, 0.15) is 5.82 Å². The number of anilines is 1. The van der Waals surface area contributed by atoms with Crippen LogP contribution in [-0.2, 0) is 6.54 Å². The molecule has 0 amide bonds. The summed E-state index contributed by atoms with van der Waals surface area (Å²) < 4.78 is 1.23. The molecule has 0 bridgehead atoms. The molecule has 0 aliphatic rings. The topological polar surface area (TPSA) is 105 Å². The second-order valence-electron chi connectivity index (χ2n) is 5.80. The summed E-state index contributed by atoms with van der Waals surface area (Å²) in [4.78, 5) is 24.1. The minimum absolute atomic E-state index is 0.167. The Hall–Kier alpha value is -3.75. The van der Waals surface area contributed by atoms with E-state index in [0.29, 0.717) is 18.0 Å². The van der Waals surface area contributed by atoms with E-state index in [2.05, 4.69) is 20.1 Å². The van der Waals surface area contributed by atoms with Gasteiger partial charge in [-0.3, -0.25) is 0 Å². The Balaban J connectivity index is 1.58. The predicted octanol–water partition coefficient (Wildman–Crippen LogP) is 2.66. The molecular weight excluding hydrogens is 334 g/mol. The van der Waals surface area contributed by atoms with Gasteiger partial charge in [0.1, 0.15) is 12.0 Å². The van der Waals surface area contributed by atoms with Crippen LogP contribution < -0.4 is 4.90 Å². The van der Waals surface area contributed by atoms with Crippen molar-refractivity contribution in [2.24, 2.45) is 0 Å². The molecule has 0 radical (unpaired) electrons. The minimum Gasteiger partial charge on any atom is -0.358 e. The third-order valence-electron chi connectivity index (χ3n) is 4.01. The average molecular weight is 349 g/mol. The van der Waals surface area contributed by atoms with Crippen molar-refractivity contribution in [3.05, 3.63) is 70.8 Å². The van der Waals surface area contributed by atoms with Crippen molar-refractivity contribution >= 4 is 17.3 Å². The fourth-order valence-corrected chi connectivity index (χ4v) is 2.69. The van der Waals surface area contributed by atoms with Gasteiger partial charge in [-0.1, -0.05) is 39.9 Å². The maximum absolute atomic E-state index is 11.1. The highest BCUT2D eigenvalue weighted by Gasteiger charge is 2.17. The molecule has 0 spiro atoms. The number of fused-ring (bicyclic) bond motifs is 1. The Morgan fingerprint density at radius 1 is 1.15 bits per heavy atom. The van der Waals surface area contributed by atoms with Crippen LogP contribution in [-0.4, -0.2) is 36.5 Å². The van der Waals surface area contributed by atoms with E-state index in [1.54, 1.807) is 18.3 Å². The molecule has 3 heterocycles. The number of H-pyrrole nitrogens is 1. The van der Waals surface area contributed by atoms with Crippen LogP contribution in [0.5, 0.6) is 0 Å². The Kier molecular flexibility index (Phi) is 3.81. The zero-order chi connectivity index (χ0) is 18.1. The Morgan fingerprint density at radius 3 is 2.73 bits per heavy atom. The first-order valence-electron chi connectivity index (χ1n) is 7.91. The van der Waals surface area contributed by atoms with Gasteiger partial charge in [-0.15, -0.1) is 0 Å². The van der Waals surface area contributed by atoms with Crippen molar-refractivity contribution in [1.29, 1.82) is 0 Å². The Labute approximate surface area is 148 Å². The number of imidazole rings is 2. The highest BCUT2D eigenvalue weighted by atomic mass is 16.6. The summed E-state index contributed by atoms with van der Waals surface area (Å²) in [7, 11) is 1.85. The van der Waals surface area contributed by atoms with E-state index < -0.39 is 4.92 Å². The molecule has 0 aliphatic carbocycles. The molecule has 130 valence electrons. The maximum Gasteiger partial charge on any atom is 0.368 e. The van der Waals surface area contributed by atoms with Gasteiger partial charge in [-0.25, -0.2) is 9.97 Å². The number of nitrogens with zero attached hydrogens (tertiary/aromatic N) is 6. The SMILES string of the molecule is CN(Cc1ncc(-c2ccccc2)[nH]1)c1ccc2ncc([N+](=O)[O-])n2n1. The van der Waals surface area contributed by atoms with Gasteiger partial charge in [-0.2, -0.15) is 0 Å². The van der Waals surface area contributed by atoms with Crippen molar-refractivity contribution < 1.29 is 4.92 Å². The van der Waals surface area contributed by atoms with E-state index in [0.717, 1.165) is 17.1 Å². The molecular formula is C17H15N7O2. The molecule has 9 nitrogen and oxygen atoms in total. The fourth-order valence-electron chi connectivity index (χ4n) is 2.69. The Morgan fingerprint density at radius 2 is 1.96 bits per heavy atom. The highest BCUT2D eigenvalue weighted by Crippen LogP contribution is 2.19. The molecule has 3 aromatic heterocycles. The number of hydrogen-bond donors (Lipinski definition) is 1. The molecule has 1 aromatic carbocycles. The lowest BCUT2D eigenvalue weighted by atomic mass is 10.2. The summed E-state index contributed by atoms with van der Waals surface area (Å²) in [6.07, 6.45) is 2.99. The number of rotatable bonds is 5. The molecule has 0 aliphatic heterocycles. The maximum atomic E-state index is 11.1. The number of aromatic amines is 1. The van der Waals surface area contributed by atoms with E-state index in [-0.39, 0.29) is 5.82 Å². The summed E-state index contributed by atoms with van der Waals surface area (Å²) in [5.41, 5.74) is 2.42. The van der Waals surface area contributed by atoms with Gasteiger partial charge in [0, 0.05) is 13.1 Å². The van der Waals surface area contributed by atoms with Crippen molar-refractivity contribution in [2.75, 3.05) is 11.9 Å². The van der Waals surface area contributed by atoms with Crippen LogP contribution >= 0.6 is 0 Å². The molecule has 1 N–H and O–H groups in total. The van der Waals surface area contributed by atoms with E-state index in [1.807, 2.05) is 42.3 Å².